The molecule has 0 radical (unpaired) electrons. The summed E-state index contributed by atoms with van der Waals surface area (Å²) in [7, 11) is 0. The number of urea groups is 1. The molecule has 0 heterocycles. The third-order valence-corrected chi connectivity index (χ3v) is 3.28. The van der Waals surface area contributed by atoms with E-state index in [1.807, 2.05) is 0 Å². The zero-order valence-corrected chi connectivity index (χ0v) is 16.2. The zero-order chi connectivity index (χ0) is 21.2. The molecule has 0 saturated carbocycles. The largest absolute Gasteiger partial charge is 0.481 e. The van der Waals surface area contributed by atoms with Gasteiger partial charge >= 0.3 is 24.1 Å². The summed E-state index contributed by atoms with van der Waals surface area (Å²) in [5, 5.41) is 24.3. The average molecular weight is 407 g/mol. The molecular formula is C15H25N3O8S. The van der Waals surface area contributed by atoms with Crippen LogP contribution in [0.3, 0.4) is 0 Å². The minimum absolute atomic E-state index is 0.0651. The van der Waals surface area contributed by atoms with Gasteiger partial charge in [-0.3, -0.25) is 9.59 Å². The fraction of sp³-hybridized carbons (Fsp3) is 0.667. The average Bonchev–Trinajstić information content (AvgIpc) is 2.52. The lowest BCUT2D eigenvalue weighted by molar-refractivity contribution is -0.139. The number of aliphatic carboxylic acids is 2. The topological polar surface area (TPSA) is 171 Å². The Morgan fingerprint density at radius 2 is 1.59 bits per heavy atom. The number of alkyl carbamates (subject to hydrolysis) is 1. The molecule has 2 atom stereocenters. The molecular weight excluding hydrogens is 382 g/mol. The molecule has 0 aromatic carbocycles. The van der Waals surface area contributed by atoms with Gasteiger partial charge in [-0.1, -0.05) is 0 Å². The van der Waals surface area contributed by atoms with Gasteiger partial charge in [0.25, 0.3) is 0 Å². The van der Waals surface area contributed by atoms with E-state index in [9.17, 15) is 24.0 Å². The predicted octanol–water partition coefficient (Wildman–Crippen LogP) is -0.00420. The van der Waals surface area contributed by atoms with Crippen molar-refractivity contribution in [3.05, 3.63) is 0 Å². The van der Waals surface area contributed by atoms with Crippen molar-refractivity contribution in [1.29, 1.82) is 0 Å². The van der Waals surface area contributed by atoms with Crippen molar-refractivity contribution in [2.75, 3.05) is 12.3 Å². The number of amides is 3. The van der Waals surface area contributed by atoms with Crippen molar-refractivity contribution in [1.82, 2.24) is 16.0 Å². The van der Waals surface area contributed by atoms with Crippen molar-refractivity contribution in [2.24, 2.45) is 0 Å². The van der Waals surface area contributed by atoms with Crippen molar-refractivity contribution in [2.45, 2.75) is 51.3 Å². The van der Waals surface area contributed by atoms with Crippen LogP contribution >= 0.6 is 12.6 Å². The van der Waals surface area contributed by atoms with Crippen LogP contribution in [0.1, 0.15) is 33.6 Å². The van der Waals surface area contributed by atoms with Gasteiger partial charge in [0.15, 0.2) is 5.78 Å². The lowest BCUT2D eigenvalue weighted by Gasteiger charge is -2.22. The maximum Gasteiger partial charge on any atom is 0.408 e. The second kappa shape index (κ2) is 11.3. The maximum absolute atomic E-state index is 11.8. The number of rotatable bonds is 10. The molecule has 154 valence electrons. The van der Waals surface area contributed by atoms with E-state index in [1.165, 1.54) is 0 Å². The van der Waals surface area contributed by atoms with Crippen LogP contribution in [-0.2, 0) is 19.1 Å². The van der Waals surface area contributed by atoms with Crippen LogP contribution in [0.15, 0.2) is 0 Å². The summed E-state index contributed by atoms with van der Waals surface area (Å²) in [6.45, 7) is 4.34. The molecule has 5 N–H and O–H groups in total. The summed E-state index contributed by atoms with van der Waals surface area (Å²) in [6.07, 6.45) is -1.62. The fourth-order valence-corrected chi connectivity index (χ4v) is 1.98. The van der Waals surface area contributed by atoms with Crippen molar-refractivity contribution in [3.63, 3.8) is 0 Å². The summed E-state index contributed by atoms with van der Waals surface area (Å²) in [5.74, 6) is -3.14. The van der Waals surface area contributed by atoms with E-state index in [-0.39, 0.29) is 18.6 Å². The Labute approximate surface area is 161 Å². The number of carbonyl (C=O) groups is 5. The minimum Gasteiger partial charge on any atom is -0.481 e. The quantitative estimate of drug-likeness (QED) is 0.275. The van der Waals surface area contributed by atoms with Crippen molar-refractivity contribution < 1.29 is 38.9 Å². The summed E-state index contributed by atoms with van der Waals surface area (Å²) < 4.78 is 4.94. The number of hydrogen-bond acceptors (Lipinski definition) is 7. The van der Waals surface area contributed by atoms with Crippen LogP contribution in [0.5, 0.6) is 0 Å². The van der Waals surface area contributed by atoms with Gasteiger partial charge in [0.2, 0.25) is 0 Å². The summed E-state index contributed by atoms with van der Waals surface area (Å²) >= 11 is 3.92. The Hall–Kier alpha value is -2.50. The maximum atomic E-state index is 11.8. The molecule has 0 aliphatic carbocycles. The van der Waals surface area contributed by atoms with Gasteiger partial charge in [0.05, 0.1) is 19.0 Å². The van der Waals surface area contributed by atoms with Crippen LogP contribution in [0.25, 0.3) is 0 Å². The third-order valence-electron chi connectivity index (χ3n) is 2.92. The normalized spacial score (nSPS) is 13.0. The van der Waals surface area contributed by atoms with E-state index >= 15 is 0 Å². The highest BCUT2D eigenvalue weighted by Gasteiger charge is 2.25. The molecule has 0 aromatic rings. The smallest absolute Gasteiger partial charge is 0.408 e. The molecule has 0 aliphatic heterocycles. The van der Waals surface area contributed by atoms with Gasteiger partial charge in [-0.25, -0.2) is 14.4 Å². The van der Waals surface area contributed by atoms with Crippen molar-refractivity contribution >= 4 is 42.5 Å². The van der Waals surface area contributed by atoms with Crippen LogP contribution < -0.4 is 16.0 Å². The van der Waals surface area contributed by atoms with E-state index in [0.717, 1.165) is 0 Å². The Balaban J connectivity index is 4.59. The lowest BCUT2D eigenvalue weighted by Crippen LogP contribution is -2.53. The fourth-order valence-electron chi connectivity index (χ4n) is 1.69. The molecule has 0 unspecified atom stereocenters. The first kappa shape index (κ1) is 24.5. The van der Waals surface area contributed by atoms with E-state index in [1.54, 1.807) is 20.8 Å². The molecule has 27 heavy (non-hydrogen) atoms. The molecule has 3 amide bonds. The van der Waals surface area contributed by atoms with E-state index in [0.29, 0.717) is 0 Å². The monoisotopic (exact) mass is 407 g/mol. The Kier molecular flexibility index (Phi) is 10.2. The molecule has 0 bridgehead atoms. The number of nitrogens with one attached hydrogen (secondary N) is 3. The van der Waals surface area contributed by atoms with Gasteiger partial charge in [0, 0.05) is 12.2 Å². The summed E-state index contributed by atoms with van der Waals surface area (Å²) in [6, 6.07) is -3.35. The van der Waals surface area contributed by atoms with Crippen LogP contribution in [-0.4, -0.2) is 70.0 Å². The highest BCUT2D eigenvalue weighted by atomic mass is 32.1. The van der Waals surface area contributed by atoms with Crippen LogP contribution in [0.2, 0.25) is 0 Å². The Morgan fingerprint density at radius 1 is 1.00 bits per heavy atom. The second-order valence-corrected chi connectivity index (χ2v) is 6.85. The minimum atomic E-state index is -1.46. The number of hydrogen-bond donors (Lipinski definition) is 6. The highest BCUT2D eigenvalue weighted by molar-refractivity contribution is 7.80. The number of carboxylic acids is 2. The molecule has 0 spiro atoms. The molecule has 0 rings (SSSR count). The van der Waals surface area contributed by atoms with Gasteiger partial charge in [-0.15, -0.1) is 0 Å². The SMILES string of the molecule is CC(C)(C)OC(=O)N[C@@H](CNC(=O)N[C@@H](CS)C(=O)CCC(=O)O)C(=O)O. The van der Waals surface area contributed by atoms with Gasteiger partial charge in [-0.05, 0) is 20.8 Å². The Morgan fingerprint density at radius 3 is 2.04 bits per heavy atom. The number of thiol groups is 1. The molecule has 0 aliphatic rings. The van der Waals surface area contributed by atoms with E-state index < -0.39 is 54.1 Å². The van der Waals surface area contributed by atoms with Gasteiger partial charge in [-0.2, -0.15) is 12.6 Å². The number of carbonyl (C=O) groups excluding carboxylic acids is 3. The van der Waals surface area contributed by atoms with Crippen LogP contribution in [0.4, 0.5) is 9.59 Å². The first-order valence-electron chi connectivity index (χ1n) is 7.97. The van der Waals surface area contributed by atoms with Gasteiger partial charge in [0.1, 0.15) is 11.6 Å². The zero-order valence-electron chi connectivity index (χ0n) is 15.3. The first-order valence-corrected chi connectivity index (χ1v) is 8.61. The standard InChI is InChI=1S/C15H25N3O8S/c1-15(2,3)26-14(25)18-8(12(22)23)6-16-13(24)17-9(7-27)10(19)4-5-11(20)21/h8-9,27H,4-7H2,1-3H3,(H,18,25)(H,20,21)(H,22,23)(H2,16,17,24)/t8-,9-/m0/s1. The summed E-state index contributed by atoms with van der Waals surface area (Å²) in [5.41, 5.74) is -0.825. The van der Waals surface area contributed by atoms with Crippen LogP contribution in [0, 0.1) is 0 Å². The second-order valence-electron chi connectivity index (χ2n) is 6.49. The number of carboxylic acid groups (broad SMARTS) is 2. The molecule has 11 nitrogen and oxygen atoms in total. The number of ketones is 1. The molecule has 0 aromatic heterocycles. The molecule has 12 heteroatoms. The predicted molar refractivity (Wildman–Crippen MR) is 96.8 cm³/mol. The number of Topliss-reactive ketones (excluding diaryl/α,β-unsaturated/α-hetero) is 1. The highest BCUT2D eigenvalue weighted by Crippen LogP contribution is 2.06. The lowest BCUT2D eigenvalue weighted by atomic mass is 10.1. The Bertz CT molecular complexity index is 576. The van der Waals surface area contributed by atoms with E-state index in [4.69, 9.17) is 14.9 Å². The third kappa shape index (κ3) is 11.7. The van der Waals surface area contributed by atoms with E-state index in [2.05, 4.69) is 28.6 Å². The van der Waals surface area contributed by atoms with Gasteiger partial charge < -0.3 is 30.9 Å². The molecule has 0 saturated heterocycles. The molecule has 0 fully saturated rings. The van der Waals surface area contributed by atoms with Crippen molar-refractivity contribution in [3.8, 4) is 0 Å². The summed E-state index contributed by atoms with van der Waals surface area (Å²) in [4.78, 5) is 56.9. The first-order chi connectivity index (χ1) is 12.4. The number of ether oxygens (including phenoxy) is 1.